The van der Waals surface area contributed by atoms with E-state index in [-0.39, 0.29) is 4.90 Å². The third kappa shape index (κ3) is 3.83. The van der Waals surface area contributed by atoms with E-state index < -0.39 is 10.0 Å². The Kier molecular flexibility index (Phi) is 5.48. The summed E-state index contributed by atoms with van der Waals surface area (Å²) in [6, 6.07) is 9.81. The van der Waals surface area contributed by atoms with Gasteiger partial charge in [0.1, 0.15) is 0 Å². The number of halogens is 1. The fourth-order valence-corrected chi connectivity index (χ4v) is 4.26. The van der Waals surface area contributed by atoms with E-state index >= 15 is 0 Å². The molecular formula is C18H21ClN2O4S. The molecule has 0 bridgehead atoms. The minimum absolute atomic E-state index is 0.0674. The molecule has 26 heavy (non-hydrogen) atoms. The summed E-state index contributed by atoms with van der Waals surface area (Å²) in [6.45, 7) is 1.92. The van der Waals surface area contributed by atoms with Crippen molar-refractivity contribution in [1.82, 2.24) is 0 Å². The average molecular weight is 397 g/mol. The highest BCUT2D eigenvalue weighted by Gasteiger charge is 2.20. The second kappa shape index (κ2) is 7.63. The number of nitrogens with one attached hydrogen (secondary N) is 1. The number of ether oxygens (including phenoxy) is 2. The van der Waals surface area contributed by atoms with Crippen LogP contribution in [0.4, 0.5) is 11.4 Å². The smallest absolute Gasteiger partial charge is 0.262 e. The fraction of sp³-hybridized carbons (Fsp3) is 0.333. The fourth-order valence-electron chi connectivity index (χ4n) is 2.95. The summed E-state index contributed by atoms with van der Waals surface area (Å²) in [4.78, 5) is 2.28. The summed E-state index contributed by atoms with van der Waals surface area (Å²) in [5, 5.41) is 0.344. The number of nitrogens with zero attached hydrogens (tertiary/aromatic N) is 1. The maximum Gasteiger partial charge on any atom is 0.262 e. The van der Waals surface area contributed by atoms with E-state index in [0.29, 0.717) is 22.2 Å². The highest BCUT2D eigenvalue weighted by atomic mass is 35.5. The minimum Gasteiger partial charge on any atom is -0.493 e. The van der Waals surface area contributed by atoms with Crippen LogP contribution in [0.5, 0.6) is 11.5 Å². The molecule has 0 saturated carbocycles. The van der Waals surface area contributed by atoms with Gasteiger partial charge in [-0.05, 0) is 43.2 Å². The number of sulfonamides is 1. The lowest BCUT2D eigenvalue weighted by Gasteiger charge is -2.19. The van der Waals surface area contributed by atoms with Gasteiger partial charge in [-0.2, -0.15) is 0 Å². The molecule has 0 amide bonds. The van der Waals surface area contributed by atoms with Crippen LogP contribution in [0.1, 0.15) is 12.8 Å². The van der Waals surface area contributed by atoms with Gasteiger partial charge in [0.05, 0.1) is 29.8 Å². The molecule has 0 radical (unpaired) electrons. The lowest BCUT2D eigenvalue weighted by atomic mass is 10.2. The van der Waals surface area contributed by atoms with Crippen molar-refractivity contribution in [3.8, 4) is 11.5 Å². The molecular weight excluding hydrogens is 376 g/mol. The third-order valence-electron chi connectivity index (χ3n) is 4.33. The summed E-state index contributed by atoms with van der Waals surface area (Å²) in [7, 11) is -0.872. The maximum atomic E-state index is 12.8. The molecule has 1 saturated heterocycles. The summed E-state index contributed by atoms with van der Waals surface area (Å²) in [6.07, 6.45) is 2.27. The van der Waals surface area contributed by atoms with Crippen LogP contribution in [0.3, 0.4) is 0 Å². The molecule has 1 fully saturated rings. The normalized spacial score (nSPS) is 14.3. The van der Waals surface area contributed by atoms with E-state index in [4.69, 9.17) is 21.1 Å². The van der Waals surface area contributed by atoms with E-state index in [2.05, 4.69) is 9.62 Å². The summed E-state index contributed by atoms with van der Waals surface area (Å²) in [5.74, 6) is 0.799. The van der Waals surface area contributed by atoms with Gasteiger partial charge >= 0.3 is 0 Å². The summed E-state index contributed by atoms with van der Waals surface area (Å²) in [5.41, 5.74) is 1.31. The van der Waals surface area contributed by atoms with Crippen LogP contribution in [0.25, 0.3) is 0 Å². The monoisotopic (exact) mass is 396 g/mol. The van der Waals surface area contributed by atoms with Gasteiger partial charge in [0.25, 0.3) is 10.0 Å². The molecule has 1 aliphatic rings. The second-order valence-corrected chi connectivity index (χ2v) is 8.07. The number of anilines is 2. The number of rotatable bonds is 6. The van der Waals surface area contributed by atoms with Gasteiger partial charge in [0.15, 0.2) is 11.5 Å². The van der Waals surface area contributed by atoms with Crippen molar-refractivity contribution in [2.75, 3.05) is 36.9 Å². The van der Waals surface area contributed by atoms with Crippen LogP contribution in [-0.2, 0) is 10.0 Å². The second-order valence-electron chi connectivity index (χ2n) is 5.98. The molecule has 0 unspecified atom stereocenters. The number of methoxy groups -OCH3 is 2. The number of hydrogen-bond acceptors (Lipinski definition) is 5. The predicted molar refractivity (Wildman–Crippen MR) is 103 cm³/mol. The zero-order valence-electron chi connectivity index (χ0n) is 14.7. The molecule has 8 heteroatoms. The average Bonchev–Trinajstić information content (AvgIpc) is 3.17. The number of benzene rings is 2. The Morgan fingerprint density at radius 2 is 1.69 bits per heavy atom. The van der Waals surface area contributed by atoms with Crippen LogP contribution < -0.4 is 19.1 Å². The zero-order chi connectivity index (χ0) is 18.7. The first-order chi connectivity index (χ1) is 12.4. The van der Waals surface area contributed by atoms with Crippen LogP contribution in [0.15, 0.2) is 41.3 Å². The number of hydrogen-bond donors (Lipinski definition) is 1. The lowest BCUT2D eigenvalue weighted by Crippen LogP contribution is -2.18. The summed E-state index contributed by atoms with van der Waals surface area (Å²) >= 11 is 6.21. The van der Waals surface area contributed by atoms with Gasteiger partial charge in [-0.3, -0.25) is 4.72 Å². The van der Waals surface area contributed by atoms with E-state index in [1.54, 1.807) is 18.2 Å². The minimum atomic E-state index is -3.82. The molecule has 3 rings (SSSR count). The first-order valence-electron chi connectivity index (χ1n) is 8.24. The zero-order valence-corrected chi connectivity index (χ0v) is 16.2. The lowest BCUT2D eigenvalue weighted by molar-refractivity contribution is 0.354. The predicted octanol–water partition coefficient (Wildman–Crippen LogP) is 3.76. The van der Waals surface area contributed by atoms with E-state index in [1.807, 2.05) is 6.07 Å². The molecule has 1 aliphatic heterocycles. The Morgan fingerprint density at radius 3 is 2.35 bits per heavy atom. The first kappa shape index (κ1) is 18.7. The molecule has 0 spiro atoms. The van der Waals surface area contributed by atoms with E-state index in [9.17, 15) is 8.42 Å². The molecule has 140 valence electrons. The molecule has 2 aromatic rings. The van der Waals surface area contributed by atoms with Crippen LogP contribution in [-0.4, -0.2) is 35.7 Å². The molecule has 1 heterocycles. The van der Waals surface area contributed by atoms with Crippen molar-refractivity contribution >= 4 is 33.0 Å². The van der Waals surface area contributed by atoms with Crippen molar-refractivity contribution < 1.29 is 17.9 Å². The topological polar surface area (TPSA) is 67.9 Å². The van der Waals surface area contributed by atoms with Crippen LogP contribution in [0, 0.1) is 0 Å². The largest absolute Gasteiger partial charge is 0.493 e. The Morgan fingerprint density at radius 1 is 1.00 bits per heavy atom. The Balaban J connectivity index is 1.91. The van der Waals surface area contributed by atoms with Gasteiger partial charge < -0.3 is 14.4 Å². The SMILES string of the molecule is COc1ccc(S(=O)(=O)Nc2cc(N3CCCC3)ccc2Cl)cc1OC. The van der Waals surface area contributed by atoms with Crippen molar-refractivity contribution in [3.63, 3.8) is 0 Å². The van der Waals surface area contributed by atoms with Crippen LogP contribution >= 0.6 is 11.6 Å². The Hall–Kier alpha value is -2.12. The van der Waals surface area contributed by atoms with Crippen LogP contribution in [0.2, 0.25) is 5.02 Å². The van der Waals surface area contributed by atoms with Crippen molar-refractivity contribution in [1.29, 1.82) is 0 Å². The summed E-state index contributed by atoms with van der Waals surface area (Å²) < 4.78 is 38.5. The van der Waals surface area contributed by atoms with E-state index in [0.717, 1.165) is 31.6 Å². The highest BCUT2D eigenvalue weighted by Crippen LogP contribution is 2.33. The van der Waals surface area contributed by atoms with Crippen molar-refractivity contribution in [2.24, 2.45) is 0 Å². The highest BCUT2D eigenvalue weighted by molar-refractivity contribution is 7.92. The quantitative estimate of drug-likeness (QED) is 0.805. The van der Waals surface area contributed by atoms with E-state index in [1.165, 1.54) is 26.4 Å². The van der Waals surface area contributed by atoms with Gasteiger partial charge in [0.2, 0.25) is 0 Å². The maximum absolute atomic E-state index is 12.8. The Bertz CT molecular complexity index is 896. The molecule has 1 N–H and O–H groups in total. The molecule has 0 atom stereocenters. The van der Waals surface area contributed by atoms with Crippen molar-refractivity contribution in [3.05, 3.63) is 41.4 Å². The molecule has 0 aromatic heterocycles. The van der Waals surface area contributed by atoms with Gasteiger partial charge in [-0.1, -0.05) is 11.6 Å². The van der Waals surface area contributed by atoms with Gasteiger partial charge in [0, 0.05) is 24.8 Å². The first-order valence-corrected chi connectivity index (χ1v) is 10.1. The van der Waals surface area contributed by atoms with Gasteiger partial charge in [-0.25, -0.2) is 8.42 Å². The third-order valence-corrected chi connectivity index (χ3v) is 6.02. The molecule has 6 nitrogen and oxygen atoms in total. The Labute approximate surface area is 158 Å². The molecule has 0 aliphatic carbocycles. The van der Waals surface area contributed by atoms with Gasteiger partial charge in [-0.15, -0.1) is 0 Å². The van der Waals surface area contributed by atoms with Crippen molar-refractivity contribution in [2.45, 2.75) is 17.7 Å². The standard InChI is InChI=1S/C18H21ClN2O4S/c1-24-17-8-6-14(12-18(17)25-2)26(22,23)20-16-11-13(5-7-15(16)19)21-9-3-4-10-21/h5-8,11-12,20H,3-4,9-10H2,1-2H3. The molecule has 2 aromatic carbocycles.